The molecule has 3 N–H and O–H groups in total. The normalized spacial score (nSPS) is 17.2. The summed E-state index contributed by atoms with van der Waals surface area (Å²) in [6, 6.07) is 9.88. The van der Waals surface area contributed by atoms with Crippen LogP contribution in [0, 0.1) is 0 Å². The molecule has 0 saturated carbocycles. The van der Waals surface area contributed by atoms with E-state index in [2.05, 4.69) is 17.3 Å². The van der Waals surface area contributed by atoms with Crippen LogP contribution in [0.1, 0.15) is 30.9 Å². The molecule has 1 heterocycles. The third-order valence-electron chi connectivity index (χ3n) is 3.72. The predicted octanol–water partition coefficient (Wildman–Crippen LogP) is 2.13. The Kier molecular flexibility index (Phi) is 9.62. The third kappa shape index (κ3) is 6.66. The standard InChI is InChI=1S/C15H23N3O.2ClH/c1-18-9-7-13(8-10-18)17-15(19)11-14(16)12-5-3-2-4-6-12;;/h2-6,13-14H,7-11,16H2,1H3,(H,17,19);2*1H. The lowest BCUT2D eigenvalue weighted by molar-refractivity contribution is -0.122. The average Bonchev–Trinajstić information content (AvgIpc) is 2.42. The molecule has 4 nitrogen and oxygen atoms in total. The zero-order chi connectivity index (χ0) is 13.7. The second-order valence-corrected chi connectivity index (χ2v) is 5.37. The zero-order valence-corrected chi connectivity index (χ0v) is 14.0. The fourth-order valence-electron chi connectivity index (χ4n) is 2.46. The molecule has 120 valence electrons. The number of halogens is 2. The van der Waals surface area contributed by atoms with Gasteiger partial charge in [-0.05, 0) is 38.5 Å². The summed E-state index contributed by atoms with van der Waals surface area (Å²) < 4.78 is 0. The number of carbonyl (C=O) groups excluding carboxylic acids is 1. The molecule has 21 heavy (non-hydrogen) atoms. The summed E-state index contributed by atoms with van der Waals surface area (Å²) in [6.07, 6.45) is 2.42. The van der Waals surface area contributed by atoms with E-state index in [4.69, 9.17) is 5.73 Å². The van der Waals surface area contributed by atoms with Crippen molar-refractivity contribution in [3.8, 4) is 0 Å². The summed E-state index contributed by atoms with van der Waals surface area (Å²) in [7, 11) is 2.11. The van der Waals surface area contributed by atoms with Crippen LogP contribution in [0.4, 0.5) is 0 Å². The van der Waals surface area contributed by atoms with Gasteiger partial charge in [0.25, 0.3) is 0 Å². The SMILES string of the molecule is CN1CCC(NC(=O)CC(N)c2ccccc2)CC1.Cl.Cl. The lowest BCUT2D eigenvalue weighted by Gasteiger charge is -2.29. The predicted molar refractivity (Wildman–Crippen MR) is 91.1 cm³/mol. The Balaban J connectivity index is 0.00000200. The first-order valence-electron chi connectivity index (χ1n) is 6.93. The minimum atomic E-state index is -0.215. The smallest absolute Gasteiger partial charge is 0.222 e. The van der Waals surface area contributed by atoms with Gasteiger partial charge in [0.1, 0.15) is 0 Å². The molecule has 0 spiro atoms. The molecule has 6 heteroatoms. The Morgan fingerprint density at radius 2 is 1.86 bits per heavy atom. The van der Waals surface area contributed by atoms with Gasteiger partial charge >= 0.3 is 0 Å². The Hall–Kier alpha value is -0.810. The van der Waals surface area contributed by atoms with E-state index in [1.54, 1.807) is 0 Å². The molecule has 0 aromatic heterocycles. The molecule has 1 unspecified atom stereocenters. The monoisotopic (exact) mass is 333 g/mol. The molecule has 1 aromatic carbocycles. The second kappa shape index (κ2) is 10.0. The van der Waals surface area contributed by atoms with Gasteiger partial charge in [-0.1, -0.05) is 30.3 Å². The lowest BCUT2D eigenvalue weighted by atomic mass is 10.0. The summed E-state index contributed by atoms with van der Waals surface area (Å²) >= 11 is 0. The molecule has 1 aliphatic heterocycles. The van der Waals surface area contributed by atoms with E-state index in [1.807, 2.05) is 30.3 Å². The number of hydrogen-bond donors (Lipinski definition) is 2. The lowest BCUT2D eigenvalue weighted by Crippen LogP contribution is -2.43. The van der Waals surface area contributed by atoms with Gasteiger partial charge in [-0.3, -0.25) is 4.79 Å². The van der Waals surface area contributed by atoms with E-state index in [-0.39, 0.29) is 36.8 Å². The topological polar surface area (TPSA) is 58.4 Å². The summed E-state index contributed by atoms with van der Waals surface area (Å²) in [4.78, 5) is 14.3. The van der Waals surface area contributed by atoms with E-state index in [0.717, 1.165) is 31.5 Å². The van der Waals surface area contributed by atoms with E-state index in [1.165, 1.54) is 0 Å². The highest BCUT2D eigenvalue weighted by Crippen LogP contribution is 2.14. The maximum absolute atomic E-state index is 12.0. The van der Waals surface area contributed by atoms with Crippen LogP contribution in [0.2, 0.25) is 0 Å². The highest BCUT2D eigenvalue weighted by atomic mass is 35.5. The first-order valence-corrected chi connectivity index (χ1v) is 6.93. The largest absolute Gasteiger partial charge is 0.353 e. The van der Waals surface area contributed by atoms with Crippen LogP contribution in [-0.2, 0) is 4.79 Å². The van der Waals surface area contributed by atoms with E-state index >= 15 is 0 Å². The van der Waals surface area contributed by atoms with Crippen molar-refractivity contribution >= 4 is 30.7 Å². The molecule has 1 aliphatic rings. The van der Waals surface area contributed by atoms with E-state index in [0.29, 0.717) is 12.5 Å². The molecule has 0 aliphatic carbocycles. The molecule has 1 fully saturated rings. The number of nitrogens with one attached hydrogen (secondary N) is 1. The number of nitrogens with zero attached hydrogens (tertiary/aromatic N) is 1. The van der Waals surface area contributed by atoms with Crippen molar-refractivity contribution in [3.05, 3.63) is 35.9 Å². The van der Waals surface area contributed by atoms with Crippen LogP contribution in [0.5, 0.6) is 0 Å². The summed E-state index contributed by atoms with van der Waals surface area (Å²) in [5.74, 6) is 0.0610. The molecule has 2 rings (SSSR count). The first-order chi connectivity index (χ1) is 9.15. The molecule has 1 saturated heterocycles. The molecule has 1 atom stereocenters. The van der Waals surface area contributed by atoms with Crippen LogP contribution in [0.25, 0.3) is 0 Å². The maximum atomic E-state index is 12.0. The Labute approximate surface area is 139 Å². The van der Waals surface area contributed by atoms with Gasteiger partial charge in [-0.15, -0.1) is 24.8 Å². The van der Waals surface area contributed by atoms with Gasteiger partial charge in [0.15, 0.2) is 0 Å². The Morgan fingerprint density at radius 3 is 2.43 bits per heavy atom. The van der Waals surface area contributed by atoms with Gasteiger partial charge in [-0.2, -0.15) is 0 Å². The fourth-order valence-corrected chi connectivity index (χ4v) is 2.46. The Morgan fingerprint density at radius 1 is 1.29 bits per heavy atom. The highest BCUT2D eigenvalue weighted by Gasteiger charge is 2.19. The van der Waals surface area contributed by atoms with Gasteiger partial charge in [0.2, 0.25) is 5.91 Å². The highest BCUT2D eigenvalue weighted by molar-refractivity contribution is 5.85. The summed E-state index contributed by atoms with van der Waals surface area (Å²) in [6.45, 7) is 2.10. The van der Waals surface area contributed by atoms with Crippen LogP contribution >= 0.6 is 24.8 Å². The minimum absolute atomic E-state index is 0. The zero-order valence-electron chi connectivity index (χ0n) is 12.3. The van der Waals surface area contributed by atoms with Crippen molar-refractivity contribution in [1.82, 2.24) is 10.2 Å². The van der Waals surface area contributed by atoms with Crippen molar-refractivity contribution in [2.75, 3.05) is 20.1 Å². The van der Waals surface area contributed by atoms with Crippen LogP contribution in [0.15, 0.2) is 30.3 Å². The third-order valence-corrected chi connectivity index (χ3v) is 3.72. The van der Waals surface area contributed by atoms with E-state index < -0.39 is 0 Å². The molecule has 0 bridgehead atoms. The molecular formula is C15H25Cl2N3O. The van der Waals surface area contributed by atoms with Crippen LogP contribution < -0.4 is 11.1 Å². The molecule has 1 aromatic rings. The number of nitrogens with two attached hydrogens (primary N) is 1. The number of likely N-dealkylation sites (tertiary alicyclic amines) is 1. The number of benzene rings is 1. The van der Waals surface area contributed by atoms with Crippen LogP contribution in [-0.4, -0.2) is 37.0 Å². The van der Waals surface area contributed by atoms with Crippen LogP contribution in [0.3, 0.4) is 0 Å². The van der Waals surface area contributed by atoms with E-state index in [9.17, 15) is 4.79 Å². The number of amides is 1. The maximum Gasteiger partial charge on any atom is 0.222 e. The van der Waals surface area contributed by atoms with Crippen molar-refractivity contribution < 1.29 is 4.79 Å². The van der Waals surface area contributed by atoms with Gasteiger partial charge < -0.3 is 16.0 Å². The summed E-state index contributed by atoms with van der Waals surface area (Å²) in [5.41, 5.74) is 7.07. The molecule has 0 radical (unpaired) electrons. The second-order valence-electron chi connectivity index (χ2n) is 5.37. The van der Waals surface area contributed by atoms with Crippen molar-refractivity contribution in [2.24, 2.45) is 5.73 Å². The quantitative estimate of drug-likeness (QED) is 0.887. The average molecular weight is 334 g/mol. The van der Waals surface area contributed by atoms with Crippen molar-refractivity contribution in [3.63, 3.8) is 0 Å². The van der Waals surface area contributed by atoms with Gasteiger partial charge in [0, 0.05) is 18.5 Å². The fraction of sp³-hybridized carbons (Fsp3) is 0.533. The summed E-state index contributed by atoms with van der Waals surface area (Å²) in [5, 5.41) is 3.09. The van der Waals surface area contributed by atoms with Crippen molar-refractivity contribution in [1.29, 1.82) is 0 Å². The Bertz CT molecular complexity index is 409. The van der Waals surface area contributed by atoms with Gasteiger partial charge in [0.05, 0.1) is 0 Å². The van der Waals surface area contributed by atoms with Gasteiger partial charge in [-0.25, -0.2) is 0 Å². The first kappa shape index (κ1) is 20.2. The molecular weight excluding hydrogens is 309 g/mol. The number of carbonyl (C=O) groups is 1. The number of hydrogen-bond acceptors (Lipinski definition) is 3. The number of piperidine rings is 1. The minimum Gasteiger partial charge on any atom is -0.353 e. The van der Waals surface area contributed by atoms with Crippen molar-refractivity contribution in [2.45, 2.75) is 31.3 Å². The number of rotatable bonds is 4. The molecule has 1 amide bonds.